The van der Waals surface area contributed by atoms with Crippen LogP contribution >= 0.6 is 15.9 Å². The molecule has 1 atom stereocenters. The standard InChI is InChI=1S/C13H19BrN2O3S/c1-13(8-15,9-3-4-9)16-20(17,18)12-7-10(14)5-6-11(12)19-2/h5-7,9,16H,3-4,8,15H2,1-2H3. The van der Waals surface area contributed by atoms with E-state index >= 15 is 0 Å². The molecule has 5 nitrogen and oxygen atoms in total. The van der Waals surface area contributed by atoms with Gasteiger partial charge in [0.05, 0.1) is 7.11 Å². The maximum atomic E-state index is 12.6. The summed E-state index contributed by atoms with van der Waals surface area (Å²) in [4.78, 5) is 0.120. The Balaban J connectivity index is 2.37. The quantitative estimate of drug-likeness (QED) is 0.809. The predicted octanol–water partition coefficient (Wildman–Crippen LogP) is 1.86. The van der Waals surface area contributed by atoms with E-state index in [4.69, 9.17) is 10.5 Å². The van der Waals surface area contributed by atoms with Gasteiger partial charge < -0.3 is 10.5 Å². The largest absolute Gasteiger partial charge is 0.495 e. The van der Waals surface area contributed by atoms with Gasteiger partial charge in [-0.3, -0.25) is 0 Å². The van der Waals surface area contributed by atoms with Gasteiger partial charge in [0.1, 0.15) is 10.6 Å². The van der Waals surface area contributed by atoms with Crippen LogP contribution in [0.4, 0.5) is 0 Å². The number of hydrogen-bond donors (Lipinski definition) is 2. The Bertz CT molecular complexity index is 602. The number of methoxy groups -OCH3 is 1. The van der Waals surface area contributed by atoms with Crippen LogP contribution in [0.15, 0.2) is 27.6 Å². The number of nitrogens with one attached hydrogen (secondary N) is 1. The third kappa shape index (κ3) is 3.16. The first-order valence-electron chi connectivity index (χ1n) is 6.40. The topological polar surface area (TPSA) is 81.4 Å². The first-order valence-corrected chi connectivity index (χ1v) is 8.67. The van der Waals surface area contributed by atoms with Gasteiger partial charge in [0.25, 0.3) is 0 Å². The fourth-order valence-corrected chi connectivity index (χ4v) is 4.42. The Morgan fingerprint density at radius 2 is 2.15 bits per heavy atom. The van der Waals surface area contributed by atoms with Gasteiger partial charge in [-0.25, -0.2) is 13.1 Å². The normalized spacial score (nSPS) is 18.6. The van der Waals surface area contributed by atoms with Gasteiger partial charge in [0, 0.05) is 16.6 Å². The summed E-state index contributed by atoms with van der Waals surface area (Å²) < 4.78 is 33.8. The van der Waals surface area contributed by atoms with Crippen LogP contribution in [0.3, 0.4) is 0 Å². The zero-order chi connectivity index (χ0) is 15.0. The Hall–Kier alpha value is -0.630. The van der Waals surface area contributed by atoms with Crippen molar-refractivity contribution in [3.8, 4) is 5.75 Å². The molecule has 0 saturated heterocycles. The lowest BCUT2D eigenvalue weighted by Crippen LogP contribution is -2.53. The first-order chi connectivity index (χ1) is 9.32. The minimum Gasteiger partial charge on any atom is -0.495 e. The van der Waals surface area contributed by atoms with Gasteiger partial charge in [-0.1, -0.05) is 15.9 Å². The minimum atomic E-state index is -3.69. The van der Waals surface area contributed by atoms with Crippen molar-refractivity contribution in [2.24, 2.45) is 11.7 Å². The van der Waals surface area contributed by atoms with Crippen LogP contribution in [0.1, 0.15) is 19.8 Å². The molecule has 7 heteroatoms. The zero-order valence-electron chi connectivity index (χ0n) is 11.5. The molecule has 1 unspecified atom stereocenters. The van der Waals surface area contributed by atoms with Crippen molar-refractivity contribution >= 4 is 26.0 Å². The number of benzene rings is 1. The van der Waals surface area contributed by atoms with Crippen molar-refractivity contribution in [2.45, 2.75) is 30.2 Å². The van der Waals surface area contributed by atoms with Gasteiger partial charge in [-0.05, 0) is 43.9 Å². The fourth-order valence-electron chi connectivity index (χ4n) is 2.23. The average Bonchev–Trinajstić information content (AvgIpc) is 3.22. The van der Waals surface area contributed by atoms with E-state index in [2.05, 4.69) is 20.7 Å². The molecule has 1 aliphatic rings. The molecule has 2 rings (SSSR count). The monoisotopic (exact) mass is 362 g/mol. The summed E-state index contributed by atoms with van der Waals surface area (Å²) in [6, 6.07) is 4.89. The number of halogens is 1. The highest BCUT2D eigenvalue weighted by Crippen LogP contribution is 2.40. The van der Waals surface area contributed by atoms with Gasteiger partial charge in [0.2, 0.25) is 10.0 Å². The second kappa shape index (κ2) is 5.63. The van der Waals surface area contributed by atoms with Crippen molar-refractivity contribution in [1.29, 1.82) is 0 Å². The molecule has 0 radical (unpaired) electrons. The summed E-state index contributed by atoms with van der Waals surface area (Å²) in [5.74, 6) is 0.622. The number of rotatable bonds is 6. The van der Waals surface area contributed by atoms with E-state index in [1.165, 1.54) is 13.2 Å². The molecule has 1 saturated carbocycles. The second-order valence-corrected chi connectivity index (χ2v) is 7.86. The minimum absolute atomic E-state index is 0.120. The van der Waals surface area contributed by atoms with Crippen LogP contribution in [0.25, 0.3) is 0 Å². The summed E-state index contributed by atoms with van der Waals surface area (Å²) >= 11 is 3.28. The van der Waals surface area contributed by atoms with Crippen molar-refractivity contribution in [1.82, 2.24) is 4.72 Å². The number of nitrogens with two attached hydrogens (primary N) is 1. The highest BCUT2D eigenvalue weighted by atomic mass is 79.9. The molecule has 0 spiro atoms. The van der Waals surface area contributed by atoms with Crippen LogP contribution in [-0.2, 0) is 10.0 Å². The molecular weight excluding hydrogens is 344 g/mol. The second-order valence-electron chi connectivity index (χ2n) is 5.30. The third-order valence-corrected chi connectivity index (χ3v) is 5.81. The number of sulfonamides is 1. The summed E-state index contributed by atoms with van der Waals surface area (Å²) in [6.07, 6.45) is 2.01. The molecule has 1 aromatic rings. The van der Waals surface area contributed by atoms with Crippen molar-refractivity contribution in [3.05, 3.63) is 22.7 Å². The highest BCUT2D eigenvalue weighted by molar-refractivity contribution is 9.10. The van der Waals surface area contributed by atoms with Gasteiger partial charge >= 0.3 is 0 Å². The van der Waals surface area contributed by atoms with Crippen LogP contribution in [0, 0.1) is 5.92 Å². The van der Waals surface area contributed by atoms with E-state index in [1.807, 2.05) is 6.92 Å². The lowest BCUT2D eigenvalue weighted by atomic mass is 9.98. The van der Waals surface area contributed by atoms with Crippen molar-refractivity contribution in [2.75, 3.05) is 13.7 Å². The van der Waals surface area contributed by atoms with Gasteiger partial charge in [0.15, 0.2) is 0 Å². The number of ether oxygens (including phenoxy) is 1. The molecule has 1 fully saturated rings. The lowest BCUT2D eigenvalue weighted by Gasteiger charge is -2.29. The van der Waals surface area contributed by atoms with Crippen LogP contribution in [0.5, 0.6) is 5.75 Å². The highest BCUT2D eigenvalue weighted by Gasteiger charge is 2.43. The van der Waals surface area contributed by atoms with Gasteiger partial charge in [-0.15, -0.1) is 0 Å². The predicted molar refractivity (Wildman–Crippen MR) is 81.2 cm³/mol. The van der Waals surface area contributed by atoms with Crippen molar-refractivity contribution < 1.29 is 13.2 Å². The third-order valence-electron chi connectivity index (χ3n) is 3.69. The summed E-state index contributed by atoms with van der Waals surface area (Å²) in [6.45, 7) is 2.12. The molecule has 0 aromatic heterocycles. The van der Waals surface area contributed by atoms with E-state index in [1.54, 1.807) is 12.1 Å². The van der Waals surface area contributed by atoms with E-state index in [0.29, 0.717) is 16.1 Å². The Kier molecular flexibility index (Phi) is 4.44. The molecule has 0 aliphatic heterocycles. The molecular formula is C13H19BrN2O3S. The zero-order valence-corrected chi connectivity index (χ0v) is 13.9. The van der Waals surface area contributed by atoms with Gasteiger partial charge in [-0.2, -0.15) is 0 Å². The Morgan fingerprint density at radius 3 is 2.65 bits per heavy atom. The Morgan fingerprint density at radius 1 is 1.50 bits per heavy atom. The summed E-state index contributed by atoms with van der Waals surface area (Å²) in [5.41, 5.74) is 5.16. The molecule has 0 bridgehead atoms. The molecule has 20 heavy (non-hydrogen) atoms. The van der Waals surface area contributed by atoms with E-state index in [-0.39, 0.29) is 11.4 Å². The van der Waals surface area contributed by atoms with Crippen LogP contribution < -0.4 is 15.2 Å². The molecule has 0 heterocycles. The SMILES string of the molecule is COc1ccc(Br)cc1S(=O)(=O)NC(C)(CN)C1CC1. The molecule has 3 N–H and O–H groups in total. The summed E-state index contributed by atoms with van der Waals surface area (Å²) in [7, 11) is -2.24. The molecule has 112 valence electrons. The first kappa shape index (κ1) is 15.8. The maximum absolute atomic E-state index is 12.6. The van der Waals surface area contributed by atoms with Crippen molar-refractivity contribution in [3.63, 3.8) is 0 Å². The molecule has 0 amide bonds. The number of hydrogen-bond acceptors (Lipinski definition) is 4. The average molecular weight is 363 g/mol. The van der Waals surface area contributed by atoms with Crippen LogP contribution in [-0.4, -0.2) is 27.6 Å². The van der Waals surface area contributed by atoms with Crippen LogP contribution in [0.2, 0.25) is 0 Å². The lowest BCUT2D eigenvalue weighted by molar-refractivity contribution is 0.370. The maximum Gasteiger partial charge on any atom is 0.244 e. The molecule has 1 aromatic carbocycles. The fraction of sp³-hybridized carbons (Fsp3) is 0.538. The Labute approximate surface area is 128 Å². The van der Waals surface area contributed by atoms with E-state index in [9.17, 15) is 8.42 Å². The summed E-state index contributed by atoms with van der Waals surface area (Å²) in [5, 5.41) is 0. The van der Waals surface area contributed by atoms with E-state index < -0.39 is 15.6 Å². The van der Waals surface area contributed by atoms with E-state index in [0.717, 1.165) is 12.8 Å². The smallest absolute Gasteiger partial charge is 0.244 e. The molecule has 1 aliphatic carbocycles.